The SMILES string of the molecule is CNc1nc(CN2CCC[C@](C)(Cc3ccc4c(c3)OCO4)C2)cs1. The van der Waals surface area contributed by atoms with E-state index >= 15 is 0 Å². The van der Waals surface area contributed by atoms with Gasteiger partial charge in [0.15, 0.2) is 16.6 Å². The third kappa shape index (κ3) is 3.75. The quantitative estimate of drug-likeness (QED) is 0.881. The average Bonchev–Trinajstić information content (AvgIpc) is 3.23. The van der Waals surface area contributed by atoms with Gasteiger partial charge in [-0.3, -0.25) is 4.90 Å². The Bertz CT molecular complexity index is 748. The molecule has 134 valence electrons. The third-order valence-electron chi connectivity index (χ3n) is 5.08. The molecule has 2 aromatic rings. The van der Waals surface area contributed by atoms with Crippen molar-refractivity contribution >= 4 is 16.5 Å². The Morgan fingerprint density at radius 1 is 1.32 bits per heavy atom. The predicted molar refractivity (Wildman–Crippen MR) is 101 cm³/mol. The molecular formula is C19H25N3O2S. The number of piperidine rings is 1. The minimum atomic E-state index is 0.286. The average molecular weight is 359 g/mol. The van der Waals surface area contributed by atoms with Crippen molar-refractivity contribution in [3.63, 3.8) is 0 Å². The standard InChI is InChI=1S/C19H25N3O2S/c1-19(9-14-4-5-16-17(8-14)24-13-23-16)6-3-7-22(12-19)10-15-11-25-18(20-2)21-15/h4-5,8,11H,3,6-7,9-10,12-13H2,1-2H3,(H,20,21)/t19-/m1/s1. The fourth-order valence-electron chi connectivity index (χ4n) is 3.97. The highest BCUT2D eigenvalue weighted by molar-refractivity contribution is 7.13. The normalized spacial score (nSPS) is 23.0. The Kier molecular flexibility index (Phi) is 4.56. The molecule has 6 heteroatoms. The monoisotopic (exact) mass is 359 g/mol. The first-order valence-electron chi connectivity index (χ1n) is 8.87. The summed E-state index contributed by atoms with van der Waals surface area (Å²) in [5.41, 5.74) is 2.79. The van der Waals surface area contributed by atoms with Gasteiger partial charge in [0.2, 0.25) is 6.79 Å². The van der Waals surface area contributed by atoms with Gasteiger partial charge in [-0.1, -0.05) is 13.0 Å². The van der Waals surface area contributed by atoms with Crippen LogP contribution >= 0.6 is 11.3 Å². The minimum absolute atomic E-state index is 0.286. The van der Waals surface area contributed by atoms with Gasteiger partial charge in [0.1, 0.15) is 0 Å². The zero-order valence-corrected chi connectivity index (χ0v) is 15.7. The van der Waals surface area contributed by atoms with Crippen LogP contribution < -0.4 is 14.8 Å². The van der Waals surface area contributed by atoms with Crippen LogP contribution in [0.15, 0.2) is 23.6 Å². The molecule has 3 heterocycles. The van der Waals surface area contributed by atoms with Crippen molar-refractivity contribution in [2.45, 2.75) is 32.7 Å². The van der Waals surface area contributed by atoms with Crippen LogP contribution in [0.1, 0.15) is 31.0 Å². The molecule has 5 nitrogen and oxygen atoms in total. The maximum atomic E-state index is 5.53. The van der Waals surface area contributed by atoms with Crippen LogP contribution in [0.4, 0.5) is 5.13 Å². The van der Waals surface area contributed by atoms with Crippen molar-refractivity contribution in [3.05, 3.63) is 34.8 Å². The van der Waals surface area contributed by atoms with E-state index < -0.39 is 0 Å². The summed E-state index contributed by atoms with van der Waals surface area (Å²) in [5, 5.41) is 6.28. The highest BCUT2D eigenvalue weighted by atomic mass is 32.1. The molecule has 0 aliphatic carbocycles. The smallest absolute Gasteiger partial charge is 0.231 e. The van der Waals surface area contributed by atoms with Crippen LogP contribution in [-0.4, -0.2) is 36.8 Å². The maximum Gasteiger partial charge on any atom is 0.231 e. The van der Waals surface area contributed by atoms with E-state index in [9.17, 15) is 0 Å². The van der Waals surface area contributed by atoms with Gasteiger partial charge < -0.3 is 14.8 Å². The second-order valence-corrected chi connectivity index (χ2v) is 8.24. The lowest BCUT2D eigenvalue weighted by molar-refractivity contribution is 0.0961. The number of nitrogens with zero attached hydrogens (tertiary/aromatic N) is 2. The highest BCUT2D eigenvalue weighted by Gasteiger charge is 2.32. The Morgan fingerprint density at radius 3 is 3.04 bits per heavy atom. The van der Waals surface area contributed by atoms with Crippen LogP contribution in [0.25, 0.3) is 0 Å². The van der Waals surface area contributed by atoms with Gasteiger partial charge in [0.05, 0.1) is 5.69 Å². The minimum Gasteiger partial charge on any atom is -0.454 e. The summed E-state index contributed by atoms with van der Waals surface area (Å²) in [7, 11) is 1.92. The first-order chi connectivity index (χ1) is 12.1. The molecule has 0 bridgehead atoms. The van der Waals surface area contributed by atoms with Crippen LogP contribution in [-0.2, 0) is 13.0 Å². The highest BCUT2D eigenvalue weighted by Crippen LogP contribution is 2.38. The second kappa shape index (κ2) is 6.84. The fraction of sp³-hybridized carbons (Fsp3) is 0.526. The summed E-state index contributed by atoms with van der Waals surface area (Å²) >= 11 is 1.68. The van der Waals surface area contributed by atoms with Crippen LogP contribution in [0.5, 0.6) is 11.5 Å². The molecule has 0 amide bonds. The Balaban J connectivity index is 1.42. The number of likely N-dealkylation sites (tertiary alicyclic amines) is 1. The first kappa shape index (κ1) is 16.7. The summed E-state index contributed by atoms with van der Waals surface area (Å²) in [5.74, 6) is 1.75. The van der Waals surface area contributed by atoms with Crippen molar-refractivity contribution < 1.29 is 9.47 Å². The molecule has 1 atom stereocenters. The van der Waals surface area contributed by atoms with Crippen molar-refractivity contribution in [3.8, 4) is 11.5 Å². The van der Waals surface area contributed by atoms with E-state index in [4.69, 9.17) is 9.47 Å². The van der Waals surface area contributed by atoms with Gasteiger partial charge in [-0.2, -0.15) is 0 Å². The number of fused-ring (bicyclic) bond motifs is 1. The van der Waals surface area contributed by atoms with Crippen LogP contribution in [0, 0.1) is 5.41 Å². The van der Waals surface area contributed by atoms with E-state index in [0.29, 0.717) is 6.79 Å². The number of rotatable bonds is 5. The summed E-state index contributed by atoms with van der Waals surface area (Å²) in [6, 6.07) is 6.36. The second-order valence-electron chi connectivity index (χ2n) is 7.38. The van der Waals surface area contributed by atoms with Crippen molar-refractivity contribution in [1.82, 2.24) is 9.88 Å². The summed E-state index contributed by atoms with van der Waals surface area (Å²) in [6.45, 7) is 5.95. The molecule has 1 saturated heterocycles. The van der Waals surface area contributed by atoms with Crippen molar-refractivity contribution in [2.24, 2.45) is 5.41 Å². The number of ether oxygens (including phenoxy) is 2. The number of hydrogen-bond donors (Lipinski definition) is 1. The third-order valence-corrected chi connectivity index (χ3v) is 5.99. The lowest BCUT2D eigenvalue weighted by Crippen LogP contribution is -2.42. The molecule has 2 aliphatic heterocycles. The number of thiazole rings is 1. The molecule has 1 aromatic heterocycles. The van der Waals surface area contributed by atoms with E-state index in [-0.39, 0.29) is 5.41 Å². The molecule has 25 heavy (non-hydrogen) atoms. The number of anilines is 1. The molecule has 1 N–H and O–H groups in total. The zero-order chi connectivity index (χ0) is 17.3. The molecule has 2 aliphatic rings. The summed E-state index contributed by atoms with van der Waals surface area (Å²) < 4.78 is 11.0. The fourth-order valence-corrected chi connectivity index (χ4v) is 4.64. The Morgan fingerprint density at radius 2 is 2.20 bits per heavy atom. The molecule has 0 saturated carbocycles. The first-order valence-corrected chi connectivity index (χ1v) is 9.75. The summed E-state index contributed by atoms with van der Waals surface area (Å²) in [4.78, 5) is 7.18. The largest absolute Gasteiger partial charge is 0.454 e. The van der Waals surface area contributed by atoms with Crippen LogP contribution in [0.2, 0.25) is 0 Å². The molecular weight excluding hydrogens is 334 g/mol. The Hall–Kier alpha value is -1.79. The van der Waals surface area contributed by atoms with E-state index in [1.165, 1.54) is 24.1 Å². The van der Waals surface area contributed by atoms with Gasteiger partial charge in [-0.25, -0.2) is 4.98 Å². The van der Waals surface area contributed by atoms with E-state index in [2.05, 4.69) is 39.6 Å². The molecule has 0 unspecified atom stereocenters. The number of hydrogen-bond acceptors (Lipinski definition) is 6. The van der Waals surface area contributed by atoms with Crippen molar-refractivity contribution in [2.75, 3.05) is 32.2 Å². The Labute approximate surface area is 153 Å². The van der Waals surface area contributed by atoms with Gasteiger partial charge in [-0.15, -0.1) is 11.3 Å². The lowest BCUT2D eigenvalue weighted by atomic mass is 9.77. The van der Waals surface area contributed by atoms with Gasteiger partial charge >= 0.3 is 0 Å². The van der Waals surface area contributed by atoms with E-state index in [1.54, 1.807) is 11.3 Å². The number of benzene rings is 1. The molecule has 1 fully saturated rings. The van der Waals surface area contributed by atoms with E-state index in [0.717, 1.165) is 42.7 Å². The van der Waals surface area contributed by atoms with Crippen LogP contribution in [0.3, 0.4) is 0 Å². The molecule has 4 rings (SSSR count). The maximum absolute atomic E-state index is 5.53. The molecule has 0 radical (unpaired) electrons. The van der Waals surface area contributed by atoms with Gasteiger partial charge in [0, 0.05) is 25.5 Å². The predicted octanol–water partition coefficient (Wildman–Crippen LogP) is 3.76. The summed E-state index contributed by atoms with van der Waals surface area (Å²) in [6.07, 6.45) is 3.57. The topological polar surface area (TPSA) is 46.6 Å². The van der Waals surface area contributed by atoms with Crippen molar-refractivity contribution in [1.29, 1.82) is 0 Å². The van der Waals surface area contributed by atoms with Gasteiger partial charge in [-0.05, 0) is 48.9 Å². The number of aromatic nitrogens is 1. The molecule has 1 aromatic carbocycles. The lowest BCUT2D eigenvalue weighted by Gasteiger charge is -2.40. The van der Waals surface area contributed by atoms with E-state index in [1.807, 2.05) is 13.1 Å². The number of nitrogens with one attached hydrogen (secondary N) is 1. The molecule has 0 spiro atoms. The van der Waals surface area contributed by atoms with Gasteiger partial charge in [0.25, 0.3) is 0 Å². The zero-order valence-electron chi connectivity index (χ0n) is 14.9.